The maximum Gasteiger partial charge on any atom is 0.168 e. The molecule has 1 heterocycles. The molecular formula is C9H16O3. The molecule has 2 atom stereocenters. The molecule has 0 unspecified atom stereocenters. The molecule has 3 heteroatoms. The van der Waals surface area contributed by atoms with Crippen molar-refractivity contribution in [3.05, 3.63) is 0 Å². The van der Waals surface area contributed by atoms with Gasteiger partial charge in [-0.2, -0.15) is 0 Å². The zero-order valence-corrected chi connectivity index (χ0v) is 7.45. The fraction of sp³-hybridized carbons (Fsp3) is 1.00. The molecule has 2 rings (SSSR count). The lowest BCUT2D eigenvalue weighted by Gasteiger charge is -2.37. The summed E-state index contributed by atoms with van der Waals surface area (Å²) in [7, 11) is 0. The first-order valence-corrected chi connectivity index (χ1v) is 4.68. The minimum absolute atomic E-state index is 0.163. The third kappa shape index (κ3) is 1.37. The van der Waals surface area contributed by atoms with Gasteiger partial charge in [0.15, 0.2) is 5.79 Å². The van der Waals surface area contributed by atoms with Gasteiger partial charge in [0, 0.05) is 12.8 Å². The van der Waals surface area contributed by atoms with Crippen LogP contribution in [-0.4, -0.2) is 30.2 Å². The molecule has 0 aromatic heterocycles. The summed E-state index contributed by atoms with van der Waals surface area (Å²) in [5.41, 5.74) is 0. The Morgan fingerprint density at radius 2 is 2.00 bits per heavy atom. The Morgan fingerprint density at radius 3 is 2.58 bits per heavy atom. The van der Waals surface area contributed by atoms with Crippen LogP contribution in [0.2, 0.25) is 0 Å². The van der Waals surface area contributed by atoms with Crippen molar-refractivity contribution in [2.45, 2.75) is 38.1 Å². The Balaban J connectivity index is 2.01. The molecule has 2 fully saturated rings. The van der Waals surface area contributed by atoms with Gasteiger partial charge in [0.2, 0.25) is 0 Å². The van der Waals surface area contributed by atoms with E-state index in [0.29, 0.717) is 19.1 Å². The van der Waals surface area contributed by atoms with Crippen molar-refractivity contribution in [3.8, 4) is 0 Å². The average molecular weight is 172 g/mol. The zero-order chi connectivity index (χ0) is 8.60. The van der Waals surface area contributed by atoms with E-state index in [1.54, 1.807) is 0 Å². The summed E-state index contributed by atoms with van der Waals surface area (Å²) in [6.07, 6.45) is 2.33. The molecule has 1 saturated heterocycles. The van der Waals surface area contributed by atoms with Crippen molar-refractivity contribution >= 4 is 0 Å². The highest BCUT2D eigenvalue weighted by atomic mass is 16.7. The molecule has 2 aliphatic rings. The topological polar surface area (TPSA) is 38.7 Å². The number of ether oxygens (including phenoxy) is 2. The molecule has 1 aliphatic carbocycles. The van der Waals surface area contributed by atoms with Crippen LogP contribution >= 0.6 is 0 Å². The lowest BCUT2D eigenvalue weighted by atomic mass is 9.84. The van der Waals surface area contributed by atoms with Gasteiger partial charge in [0.25, 0.3) is 0 Å². The predicted molar refractivity (Wildman–Crippen MR) is 43.7 cm³/mol. The van der Waals surface area contributed by atoms with Gasteiger partial charge in [-0.1, -0.05) is 6.92 Å². The Hall–Kier alpha value is -0.120. The Bertz CT molecular complexity index is 163. The van der Waals surface area contributed by atoms with E-state index in [1.807, 2.05) is 0 Å². The molecule has 0 aromatic carbocycles. The van der Waals surface area contributed by atoms with Crippen LogP contribution in [0.1, 0.15) is 26.2 Å². The van der Waals surface area contributed by atoms with E-state index in [0.717, 1.165) is 19.3 Å². The van der Waals surface area contributed by atoms with Crippen LogP contribution in [0.15, 0.2) is 0 Å². The minimum Gasteiger partial charge on any atom is -0.393 e. The van der Waals surface area contributed by atoms with Gasteiger partial charge in [-0.25, -0.2) is 0 Å². The highest BCUT2D eigenvalue weighted by molar-refractivity contribution is 4.85. The quantitative estimate of drug-likeness (QED) is 0.590. The minimum atomic E-state index is -0.335. The number of rotatable bonds is 0. The largest absolute Gasteiger partial charge is 0.393 e. The average Bonchev–Trinajstić information content (AvgIpc) is 2.47. The third-order valence-corrected chi connectivity index (χ3v) is 2.92. The van der Waals surface area contributed by atoms with Gasteiger partial charge in [-0.3, -0.25) is 0 Å². The number of aliphatic hydroxyl groups excluding tert-OH is 1. The summed E-state index contributed by atoms with van der Waals surface area (Å²) in [4.78, 5) is 0. The molecule has 1 aliphatic heterocycles. The maximum absolute atomic E-state index is 9.51. The standard InChI is InChI=1S/C9H16O3/c1-7-6-9(3-2-8(7)10)11-4-5-12-9/h7-8,10H,2-6H2,1H3/t7-,8-/m0/s1. The molecule has 0 radical (unpaired) electrons. The summed E-state index contributed by atoms with van der Waals surface area (Å²) in [5.74, 6) is -0.0320. The molecule has 3 nitrogen and oxygen atoms in total. The molecule has 1 spiro atoms. The first-order valence-electron chi connectivity index (χ1n) is 4.68. The van der Waals surface area contributed by atoms with Crippen LogP contribution in [-0.2, 0) is 9.47 Å². The van der Waals surface area contributed by atoms with Crippen LogP contribution in [0.4, 0.5) is 0 Å². The molecule has 1 saturated carbocycles. The third-order valence-electron chi connectivity index (χ3n) is 2.92. The first-order chi connectivity index (χ1) is 5.72. The van der Waals surface area contributed by atoms with E-state index < -0.39 is 0 Å². The van der Waals surface area contributed by atoms with Gasteiger partial charge in [0.1, 0.15) is 0 Å². The molecule has 12 heavy (non-hydrogen) atoms. The summed E-state index contributed by atoms with van der Waals surface area (Å²) in [6.45, 7) is 3.47. The second kappa shape index (κ2) is 2.98. The molecule has 70 valence electrons. The Kier molecular flexibility index (Phi) is 2.10. The van der Waals surface area contributed by atoms with Gasteiger partial charge in [0.05, 0.1) is 19.3 Å². The summed E-state index contributed by atoms with van der Waals surface area (Å²) < 4.78 is 11.1. The second-order valence-corrected chi connectivity index (χ2v) is 3.90. The summed E-state index contributed by atoms with van der Waals surface area (Å²) in [5, 5.41) is 9.51. The predicted octanol–water partition coefficient (Wildman–Crippen LogP) is 0.910. The summed E-state index contributed by atoms with van der Waals surface area (Å²) in [6, 6.07) is 0. The SMILES string of the molecule is C[C@H]1CC2(CC[C@@H]1O)OCCO2. The van der Waals surface area contributed by atoms with Gasteiger partial charge in [-0.05, 0) is 12.3 Å². The fourth-order valence-electron chi connectivity index (χ4n) is 2.14. The highest BCUT2D eigenvalue weighted by Crippen LogP contribution is 2.38. The van der Waals surface area contributed by atoms with Gasteiger partial charge in [-0.15, -0.1) is 0 Å². The van der Waals surface area contributed by atoms with E-state index in [1.165, 1.54) is 0 Å². The van der Waals surface area contributed by atoms with Crippen molar-refractivity contribution in [2.24, 2.45) is 5.92 Å². The van der Waals surface area contributed by atoms with E-state index in [-0.39, 0.29) is 11.9 Å². The Labute approximate surface area is 72.7 Å². The first kappa shape index (κ1) is 8.48. The molecule has 0 amide bonds. The lowest BCUT2D eigenvalue weighted by Crippen LogP contribution is -2.41. The summed E-state index contributed by atoms with van der Waals surface area (Å²) >= 11 is 0. The second-order valence-electron chi connectivity index (χ2n) is 3.90. The van der Waals surface area contributed by atoms with Crippen LogP contribution in [0.5, 0.6) is 0 Å². The van der Waals surface area contributed by atoms with Gasteiger partial charge < -0.3 is 14.6 Å². The number of aliphatic hydroxyl groups is 1. The highest BCUT2D eigenvalue weighted by Gasteiger charge is 2.42. The van der Waals surface area contributed by atoms with Crippen LogP contribution < -0.4 is 0 Å². The van der Waals surface area contributed by atoms with Crippen molar-refractivity contribution < 1.29 is 14.6 Å². The maximum atomic E-state index is 9.51. The van der Waals surface area contributed by atoms with Gasteiger partial charge >= 0.3 is 0 Å². The zero-order valence-electron chi connectivity index (χ0n) is 7.45. The monoisotopic (exact) mass is 172 g/mol. The number of hydrogen-bond donors (Lipinski definition) is 1. The van der Waals surface area contributed by atoms with Crippen molar-refractivity contribution in [1.29, 1.82) is 0 Å². The van der Waals surface area contributed by atoms with Crippen LogP contribution in [0.25, 0.3) is 0 Å². The van der Waals surface area contributed by atoms with Crippen molar-refractivity contribution in [2.75, 3.05) is 13.2 Å². The molecule has 1 N–H and O–H groups in total. The Morgan fingerprint density at radius 1 is 1.33 bits per heavy atom. The number of hydrogen-bond acceptors (Lipinski definition) is 3. The van der Waals surface area contributed by atoms with E-state index in [4.69, 9.17) is 9.47 Å². The van der Waals surface area contributed by atoms with Crippen LogP contribution in [0, 0.1) is 5.92 Å². The molecule has 0 bridgehead atoms. The van der Waals surface area contributed by atoms with Crippen molar-refractivity contribution in [1.82, 2.24) is 0 Å². The normalized spacial score (nSPS) is 40.5. The smallest absolute Gasteiger partial charge is 0.168 e. The van der Waals surface area contributed by atoms with E-state index in [2.05, 4.69) is 6.92 Å². The fourth-order valence-corrected chi connectivity index (χ4v) is 2.14. The lowest BCUT2D eigenvalue weighted by molar-refractivity contribution is -0.200. The van der Waals surface area contributed by atoms with Crippen molar-refractivity contribution in [3.63, 3.8) is 0 Å². The van der Waals surface area contributed by atoms with E-state index >= 15 is 0 Å². The van der Waals surface area contributed by atoms with E-state index in [9.17, 15) is 5.11 Å². The molecule has 0 aromatic rings. The van der Waals surface area contributed by atoms with Crippen LogP contribution in [0.3, 0.4) is 0 Å². The molecular weight excluding hydrogens is 156 g/mol.